The van der Waals surface area contributed by atoms with E-state index in [0.717, 1.165) is 24.4 Å². The third kappa shape index (κ3) is 4.12. The minimum Gasteiger partial charge on any atom is -0.469 e. The molecule has 0 aliphatic carbocycles. The normalized spacial score (nSPS) is 14.0. The fraction of sp³-hybridized carbons (Fsp3) is 0.526. The van der Waals surface area contributed by atoms with E-state index in [4.69, 9.17) is 8.83 Å². The van der Waals surface area contributed by atoms with Crippen LogP contribution in [0.5, 0.6) is 0 Å². The molecule has 0 aliphatic heterocycles. The van der Waals surface area contributed by atoms with E-state index < -0.39 is 0 Å². The van der Waals surface area contributed by atoms with Gasteiger partial charge in [0.25, 0.3) is 0 Å². The first-order valence-corrected chi connectivity index (χ1v) is 8.19. The molecule has 0 spiro atoms. The van der Waals surface area contributed by atoms with E-state index in [2.05, 4.69) is 26.0 Å². The highest BCUT2D eigenvalue weighted by Gasteiger charge is 2.19. The van der Waals surface area contributed by atoms with Crippen LogP contribution in [0.15, 0.2) is 33.5 Å². The Morgan fingerprint density at radius 3 is 1.64 bits per heavy atom. The lowest BCUT2D eigenvalue weighted by molar-refractivity contribution is -0.119. The highest BCUT2D eigenvalue weighted by molar-refractivity contribution is 5.79. The lowest BCUT2D eigenvalue weighted by Crippen LogP contribution is -2.07. The molecule has 3 heteroatoms. The summed E-state index contributed by atoms with van der Waals surface area (Å²) in [7, 11) is 0. The van der Waals surface area contributed by atoms with Gasteiger partial charge in [0.2, 0.25) is 0 Å². The lowest BCUT2D eigenvalue weighted by atomic mass is 9.94. The average molecular weight is 302 g/mol. The van der Waals surface area contributed by atoms with Crippen LogP contribution < -0.4 is 0 Å². The van der Waals surface area contributed by atoms with Gasteiger partial charge < -0.3 is 8.83 Å². The van der Waals surface area contributed by atoms with Crippen LogP contribution in [0, 0.1) is 0 Å². The minimum absolute atomic E-state index is 0.128. The number of aryl methyl sites for hydroxylation is 2. The second-order valence-corrected chi connectivity index (χ2v) is 6.17. The first-order chi connectivity index (χ1) is 10.5. The van der Waals surface area contributed by atoms with Gasteiger partial charge in [0.05, 0.1) is 12.5 Å². The summed E-state index contributed by atoms with van der Waals surface area (Å²) < 4.78 is 11.1. The summed E-state index contributed by atoms with van der Waals surface area (Å²) in [5.74, 6) is 2.32. The van der Waals surface area contributed by atoms with Crippen molar-refractivity contribution in [3.63, 3.8) is 0 Å². The van der Waals surface area contributed by atoms with Gasteiger partial charge in [0, 0.05) is 24.7 Å². The third-order valence-electron chi connectivity index (χ3n) is 4.20. The van der Waals surface area contributed by atoms with Crippen molar-refractivity contribution in [3.8, 4) is 0 Å². The standard InChI is InChI=1S/C19H26O3/c1-5-15-9-18(21-11-15)13(3)7-17(20)8-14(4)19-10-16(6-2)12-22-19/h9-14H,5-8H2,1-4H3. The zero-order valence-corrected chi connectivity index (χ0v) is 14.0. The van der Waals surface area contributed by atoms with E-state index in [1.807, 2.05) is 13.8 Å². The van der Waals surface area contributed by atoms with Crippen molar-refractivity contribution >= 4 is 5.78 Å². The molecule has 0 fully saturated rings. The lowest BCUT2D eigenvalue weighted by Gasteiger charge is -2.10. The monoisotopic (exact) mass is 302 g/mol. The number of ketones is 1. The second-order valence-electron chi connectivity index (χ2n) is 6.17. The number of carbonyl (C=O) groups excluding carboxylic acids is 1. The van der Waals surface area contributed by atoms with Gasteiger partial charge in [-0.25, -0.2) is 0 Å². The van der Waals surface area contributed by atoms with Crippen LogP contribution >= 0.6 is 0 Å². The molecular weight excluding hydrogens is 276 g/mol. The van der Waals surface area contributed by atoms with Gasteiger partial charge in [-0.1, -0.05) is 27.7 Å². The van der Waals surface area contributed by atoms with Gasteiger partial charge in [0.1, 0.15) is 17.3 Å². The molecule has 2 aromatic rings. The highest BCUT2D eigenvalue weighted by Crippen LogP contribution is 2.26. The number of Topliss-reactive ketones (excluding diaryl/α,β-unsaturated/α-hetero) is 1. The molecule has 2 rings (SSSR count). The van der Waals surface area contributed by atoms with Crippen LogP contribution in [0.25, 0.3) is 0 Å². The Hall–Kier alpha value is -1.77. The number of hydrogen-bond donors (Lipinski definition) is 0. The van der Waals surface area contributed by atoms with Gasteiger partial charge in [-0.3, -0.25) is 4.79 Å². The van der Waals surface area contributed by atoms with Crippen molar-refractivity contribution in [2.24, 2.45) is 0 Å². The Morgan fingerprint density at radius 1 is 0.909 bits per heavy atom. The van der Waals surface area contributed by atoms with E-state index >= 15 is 0 Å². The summed E-state index contributed by atoms with van der Waals surface area (Å²) >= 11 is 0. The van der Waals surface area contributed by atoms with Gasteiger partial charge in [-0.05, 0) is 36.1 Å². The van der Waals surface area contributed by atoms with Gasteiger partial charge >= 0.3 is 0 Å². The maximum atomic E-state index is 12.3. The van der Waals surface area contributed by atoms with Crippen LogP contribution in [0.3, 0.4) is 0 Å². The molecule has 0 N–H and O–H groups in total. The summed E-state index contributed by atoms with van der Waals surface area (Å²) in [5.41, 5.74) is 2.37. The molecule has 120 valence electrons. The van der Waals surface area contributed by atoms with Crippen LogP contribution in [0.4, 0.5) is 0 Å². The predicted octanol–water partition coefficient (Wildman–Crippen LogP) is 5.25. The predicted molar refractivity (Wildman–Crippen MR) is 87.2 cm³/mol. The maximum Gasteiger partial charge on any atom is 0.134 e. The molecule has 0 saturated carbocycles. The van der Waals surface area contributed by atoms with Crippen molar-refractivity contribution in [2.45, 2.75) is 65.2 Å². The molecule has 22 heavy (non-hydrogen) atoms. The van der Waals surface area contributed by atoms with Crippen LogP contribution in [0.1, 0.15) is 75.0 Å². The van der Waals surface area contributed by atoms with Crippen molar-refractivity contribution in [1.29, 1.82) is 0 Å². The van der Waals surface area contributed by atoms with Crippen molar-refractivity contribution in [3.05, 3.63) is 47.3 Å². The molecule has 0 aromatic carbocycles. The molecule has 2 unspecified atom stereocenters. The van der Waals surface area contributed by atoms with Gasteiger partial charge in [-0.15, -0.1) is 0 Å². The van der Waals surface area contributed by atoms with Gasteiger partial charge in [-0.2, -0.15) is 0 Å². The zero-order valence-electron chi connectivity index (χ0n) is 14.0. The van der Waals surface area contributed by atoms with Gasteiger partial charge in [0.15, 0.2) is 0 Å². The van der Waals surface area contributed by atoms with Crippen molar-refractivity contribution in [1.82, 2.24) is 0 Å². The Labute approximate surface area is 132 Å². The zero-order chi connectivity index (χ0) is 16.1. The summed E-state index contributed by atoms with van der Waals surface area (Å²) in [6, 6.07) is 4.11. The number of rotatable bonds is 8. The third-order valence-corrected chi connectivity index (χ3v) is 4.20. The van der Waals surface area contributed by atoms with E-state index in [9.17, 15) is 4.79 Å². The van der Waals surface area contributed by atoms with E-state index in [1.165, 1.54) is 11.1 Å². The Kier molecular flexibility index (Phi) is 5.64. The minimum atomic E-state index is 0.128. The van der Waals surface area contributed by atoms with Crippen LogP contribution in [-0.2, 0) is 17.6 Å². The molecule has 0 aliphatic rings. The summed E-state index contributed by atoms with van der Waals surface area (Å²) in [5, 5.41) is 0. The molecule has 2 heterocycles. The fourth-order valence-electron chi connectivity index (χ4n) is 2.64. The molecule has 0 saturated heterocycles. The van der Waals surface area contributed by atoms with Crippen LogP contribution in [0.2, 0.25) is 0 Å². The fourth-order valence-corrected chi connectivity index (χ4v) is 2.64. The summed E-state index contributed by atoms with van der Waals surface area (Å²) in [6.07, 6.45) is 6.52. The molecular formula is C19H26O3. The summed E-state index contributed by atoms with van der Waals surface area (Å²) in [6.45, 7) is 8.28. The molecule has 2 aromatic heterocycles. The second kappa shape index (κ2) is 7.48. The quantitative estimate of drug-likeness (QED) is 0.668. The number of carbonyl (C=O) groups is 1. The topological polar surface area (TPSA) is 43.4 Å². The Morgan fingerprint density at radius 2 is 1.32 bits per heavy atom. The van der Waals surface area contributed by atoms with Crippen molar-refractivity contribution < 1.29 is 13.6 Å². The molecule has 0 radical (unpaired) electrons. The van der Waals surface area contributed by atoms with E-state index in [0.29, 0.717) is 12.8 Å². The summed E-state index contributed by atoms with van der Waals surface area (Å²) in [4.78, 5) is 12.3. The van der Waals surface area contributed by atoms with Crippen LogP contribution in [-0.4, -0.2) is 5.78 Å². The average Bonchev–Trinajstić information content (AvgIpc) is 3.16. The maximum absolute atomic E-state index is 12.3. The first-order valence-electron chi connectivity index (χ1n) is 8.19. The largest absolute Gasteiger partial charge is 0.469 e. The first kappa shape index (κ1) is 16.6. The van der Waals surface area contributed by atoms with E-state index in [1.54, 1.807) is 12.5 Å². The molecule has 0 amide bonds. The Bertz CT molecular complexity index is 553. The van der Waals surface area contributed by atoms with Crippen molar-refractivity contribution in [2.75, 3.05) is 0 Å². The molecule has 0 bridgehead atoms. The smallest absolute Gasteiger partial charge is 0.134 e. The SMILES string of the molecule is CCc1coc(C(C)CC(=O)CC(C)c2cc(CC)co2)c1. The van der Waals surface area contributed by atoms with E-state index in [-0.39, 0.29) is 17.6 Å². The molecule has 3 nitrogen and oxygen atoms in total. The molecule has 2 atom stereocenters. The highest BCUT2D eigenvalue weighted by atomic mass is 16.3. The number of hydrogen-bond acceptors (Lipinski definition) is 3. The Balaban J connectivity index is 1.88. The number of furan rings is 2.